The van der Waals surface area contributed by atoms with Crippen molar-refractivity contribution in [3.05, 3.63) is 0 Å². The molecule has 0 aromatic carbocycles. The summed E-state index contributed by atoms with van der Waals surface area (Å²) in [7, 11) is -3.00. The second kappa shape index (κ2) is 4.78. The van der Waals surface area contributed by atoms with Crippen LogP contribution in [0.4, 0.5) is 0 Å². The molecule has 0 radical (unpaired) electrons. The van der Waals surface area contributed by atoms with Gasteiger partial charge in [-0.25, -0.2) is 8.42 Å². The molecule has 1 fully saturated rings. The molecule has 0 amide bonds. The fourth-order valence-corrected chi connectivity index (χ4v) is 4.48. The van der Waals surface area contributed by atoms with Crippen molar-refractivity contribution in [2.24, 2.45) is 5.41 Å². The minimum absolute atomic E-state index is 0.0334. The monoisotopic (exact) mass is 275 g/mol. The van der Waals surface area contributed by atoms with E-state index < -0.39 is 14.6 Å². The molecule has 0 unspecified atom stereocenters. The van der Waals surface area contributed by atoms with Gasteiger partial charge >= 0.3 is 0 Å². The topological polar surface area (TPSA) is 46.2 Å². The van der Waals surface area contributed by atoms with E-state index in [1.807, 2.05) is 0 Å². The maximum atomic E-state index is 12.1. The fourth-order valence-electron chi connectivity index (χ4n) is 3.01. The van der Waals surface area contributed by atoms with Crippen molar-refractivity contribution < 1.29 is 8.42 Å². The van der Waals surface area contributed by atoms with Crippen molar-refractivity contribution in [3.63, 3.8) is 0 Å². The second-order valence-electron chi connectivity index (χ2n) is 7.12. The molecule has 0 aliphatic heterocycles. The molecule has 0 atom stereocenters. The van der Waals surface area contributed by atoms with Crippen molar-refractivity contribution in [2.45, 2.75) is 70.6 Å². The van der Waals surface area contributed by atoms with Crippen LogP contribution in [-0.2, 0) is 9.84 Å². The van der Waals surface area contributed by atoms with E-state index in [0.29, 0.717) is 6.54 Å². The highest BCUT2D eigenvalue weighted by Crippen LogP contribution is 2.56. The molecule has 0 aromatic rings. The van der Waals surface area contributed by atoms with E-state index >= 15 is 0 Å². The van der Waals surface area contributed by atoms with Crippen molar-refractivity contribution in [3.8, 4) is 0 Å². The Morgan fingerprint density at radius 2 is 1.56 bits per heavy atom. The molecular formula is C14H29NO2S. The van der Waals surface area contributed by atoms with Gasteiger partial charge in [0.15, 0.2) is 9.84 Å². The molecule has 4 heteroatoms. The largest absolute Gasteiger partial charge is 0.310 e. The molecule has 1 N–H and O–H groups in total. The highest BCUT2D eigenvalue weighted by Gasteiger charge is 2.58. The van der Waals surface area contributed by atoms with Crippen LogP contribution in [0, 0.1) is 5.41 Å². The van der Waals surface area contributed by atoms with Crippen molar-refractivity contribution in [2.75, 3.05) is 12.8 Å². The predicted molar refractivity (Wildman–Crippen MR) is 77.6 cm³/mol. The number of rotatable bonds is 5. The molecule has 1 rings (SSSR count). The van der Waals surface area contributed by atoms with Crippen LogP contribution in [0.25, 0.3) is 0 Å². The van der Waals surface area contributed by atoms with Crippen LogP contribution < -0.4 is 5.32 Å². The lowest BCUT2D eigenvalue weighted by Gasteiger charge is -2.55. The third-order valence-corrected chi connectivity index (χ3v) is 6.63. The highest BCUT2D eigenvalue weighted by molar-refractivity contribution is 7.92. The van der Waals surface area contributed by atoms with Gasteiger partial charge in [0.05, 0.1) is 4.75 Å². The summed E-state index contributed by atoms with van der Waals surface area (Å²) >= 11 is 0. The van der Waals surface area contributed by atoms with E-state index in [1.165, 1.54) is 6.26 Å². The average Bonchev–Trinajstić information content (AvgIpc) is 2.13. The Balaban J connectivity index is 2.84. The van der Waals surface area contributed by atoms with Crippen LogP contribution in [0.15, 0.2) is 0 Å². The zero-order chi connectivity index (χ0) is 14.2. The van der Waals surface area contributed by atoms with Gasteiger partial charge in [-0.05, 0) is 39.0 Å². The first-order valence-electron chi connectivity index (χ1n) is 6.94. The number of hydrogen-bond acceptors (Lipinski definition) is 3. The summed E-state index contributed by atoms with van der Waals surface area (Å²) in [5, 5.41) is 3.38. The number of hydrogen-bond donors (Lipinski definition) is 1. The average molecular weight is 275 g/mol. The quantitative estimate of drug-likeness (QED) is 0.839. The molecule has 0 saturated heterocycles. The van der Waals surface area contributed by atoms with E-state index in [0.717, 1.165) is 25.7 Å². The van der Waals surface area contributed by atoms with Crippen molar-refractivity contribution >= 4 is 9.84 Å². The van der Waals surface area contributed by atoms with Gasteiger partial charge in [0, 0.05) is 18.3 Å². The van der Waals surface area contributed by atoms with Gasteiger partial charge < -0.3 is 5.32 Å². The maximum Gasteiger partial charge on any atom is 0.154 e. The molecule has 0 heterocycles. The van der Waals surface area contributed by atoms with Gasteiger partial charge in [-0.2, -0.15) is 0 Å². The zero-order valence-corrected chi connectivity index (χ0v) is 13.6. The van der Waals surface area contributed by atoms with Gasteiger partial charge in [-0.3, -0.25) is 0 Å². The summed E-state index contributed by atoms with van der Waals surface area (Å²) < 4.78 is 23.7. The number of nitrogens with one attached hydrogen (secondary N) is 1. The van der Waals surface area contributed by atoms with Gasteiger partial charge in [0.25, 0.3) is 0 Å². The lowest BCUT2D eigenvalue weighted by Crippen LogP contribution is -2.62. The SMILES string of the molecule is CCC1(CC)CC(CNC(C)(C)C)(S(C)(=O)=O)C1. The Bertz CT molecular complexity index is 381. The Morgan fingerprint density at radius 1 is 1.11 bits per heavy atom. The molecular weight excluding hydrogens is 246 g/mol. The van der Waals surface area contributed by atoms with Gasteiger partial charge in [0.2, 0.25) is 0 Å². The second-order valence-corrected chi connectivity index (χ2v) is 9.53. The molecule has 1 saturated carbocycles. The smallest absolute Gasteiger partial charge is 0.154 e. The van der Waals surface area contributed by atoms with Crippen LogP contribution in [0.2, 0.25) is 0 Å². The van der Waals surface area contributed by atoms with Crippen LogP contribution in [-0.4, -0.2) is 31.5 Å². The van der Waals surface area contributed by atoms with Crippen molar-refractivity contribution in [1.82, 2.24) is 5.32 Å². The lowest BCUT2D eigenvalue weighted by atomic mass is 9.58. The van der Waals surface area contributed by atoms with E-state index in [1.54, 1.807) is 0 Å². The first-order chi connectivity index (χ1) is 7.99. The van der Waals surface area contributed by atoms with Crippen LogP contribution in [0.1, 0.15) is 60.3 Å². The first kappa shape index (κ1) is 16.0. The van der Waals surface area contributed by atoms with Crippen LogP contribution >= 0.6 is 0 Å². The normalized spacial score (nSPS) is 22.6. The highest BCUT2D eigenvalue weighted by atomic mass is 32.2. The molecule has 0 spiro atoms. The Hall–Kier alpha value is -0.0900. The number of sulfone groups is 1. The van der Waals surface area contributed by atoms with Crippen LogP contribution in [0.5, 0.6) is 0 Å². The standard InChI is InChI=1S/C14H29NO2S/c1-7-13(8-2)9-14(10-13,18(6,16)17)11-15-12(3,4)5/h15H,7-11H2,1-6H3. The van der Waals surface area contributed by atoms with Crippen LogP contribution in [0.3, 0.4) is 0 Å². The summed E-state index contributed by atoms with van der Waals surface area (Å²) in [5.74, 6) is 0. The zero-order valence-electron chi connectivity index (χ0n) is 12.8. The Morgan fingerprint density at radius 3 is 1.83 bits per heavy atom. The fraction of sp³-hybridized carbons (Fsp3) is 1.00. The van der Waals surface area contributed by atoms with Gasteiger partial charge in [-0.15, -0.1) is 0 Å². The summed E-state index contributed by atoms with van der Waals surface area (Å²) in [4.78, 5) is 0. The maximum absolute atomic E-state index is 12.1. The predicted octanol–water partition coefficient (Wildman–Crippen LogP) is 2.76. The minimum atomic E-state index is -3.00. The third kappa shape index (κ3) is 3.08. The molecule has 18 heavy (non-hydrogen) atoms. The van der Waals surface area contributed by atoms with Crippen molar-refractivity contribution in [1.29, 1.82) is 0 Å². The molecule has 3 nitrogen and oxygen atoms in total. The molecule has 0 bridgehead atoms. The summed E-state index contributed by atoms with van der Waals surface area (Å²) in [6.45, 7) is 11.2. The summed E-state index contributed by atoms with van der Waals surface area (Å²) in [6.07, 6.45) is 5.18. The minimum Gasteiger partial charge on any atom is -0.310 e. The van der Waals surface area contributed by atoms with E-state index in [9.17, 15) is 8.42 Å². The summed E-state index contributed by atoms with van der Waals surface area (Å²) in [5.41, 5.74) is 0.219. The molecule has 108 valence electrons. The van der Waals surface area contributed by atoms with E-state index in [-0.39, 0.29) is 11.0 Å². The molecule has 1 aliphatic carbocycles. The Kier molecular flexibility index (Phi) is 4.24. The Labute approximate surface area is 113 Å². The van der Waals surface area contributed by atoms with Gasteiger partial charge in [0.1, 0.15) is 0 Å². The van der Waals surface area contributed by atoms with Gasteiger partial charge in [-0.1, -0.05) is 26.7 Å². The van der Waals surface area contributed by atoms with E-state index in [2.05, 4.69) is 39.9 Å². The third-order valence-electron chi connectivity index (χ3n) is 4.62. The molecule has 1 aliphatic rings. The lowest BCUT2D eigenvalue weighted by molar-refractivity contribution is 0.0607. The summed E-state index contributed by atoms with van der Waals surface area (Å²) in [6, 6.07) is 0. The molecule has 0 aromatic heterocycles. The van der Waals surface area contributed by atoms with E-state index in [4.69, 9.17) is 0 Å². The first-order valence-corrected chi connectivity index (χ1v) is 8.83.